The van der Waals surface area contributed by atoms with E-state index in [4.69, 9.17) is 24.6 Å². The summed E-state index contributed by atoms with van der Waals surface area (Å²) in [5.41, 5.74) is 1.30. The summed E-state index contributed by atoms with van der Waals surface area (Å²) < 4.78 is 16.9. The van der Waals surface area contributed by atoms with Crippen LogP contribution in [-0.4, -0.2) is 31.4 Å². The van der Waals surface area contributed by atoms with Gasteiger partial charge >= 0.3 is 5.97 Å². The summed E-state index contributed by atoms with van der Waals surface area (Å²) in [4.78, 5) is 11.0. The highest BCUT2D eigenvalue weighted by atomic mass is 16.5. The summed E-state index contributed by atoms with van der Waals surface area (Å²) >= 11 is 0. The van der Waals surface area contributed by atoms with E-state index in [1.807, 2.05) is 24.3 Å². The quantitative estimate of drug-likeness (QED) is 0.396. The molecule has 2 aromatic rings. The molecule has 28 heavy (non-hydrogen) atoms. The summed E-state index contributed by atoms with van der Waals surface area (Å²) in [6, 6.07) is 14.5. The van der Waals surface area contributed by atoms with Crippen molar-refractivity contribution in [3.8, 4) is 23.3 Å². The Bertz CT molecular complexity index is 896. The maximum Gasteiger partial charge on any atom is 0.346 e. The van der Waals surface area contributed by atoms with Crippen LogP contribution in [0.3, 0.4) is 0 Å². The largest absolute Gasteiger partial charge is 0.493 e. The Balaban J connectivity index is 2.07. The second-order valence-electron chi connectivity index (χ2n) is 6.27. The number of hydrogen-bond acceptors (Lipinski definition) is 5. The Morgan fingerprint density at radius 1 is 1.11 bits per heavy atom. The minimum Gasteiger partial charge on any atom is -0.493 e. The third-order valence-corrected chi connectivity index (χ3v) is 3.99. The zero-order valence-corrected chi connectivity index (χ0v) is 16.1. The zero-order valence-electron chi connectivity index (χ0n) is 16.1. The van der Waals surface area contributed by atoms with E-state index >= 15 is 0 Å². The van der Waals surface area contributed by atoms with Crippen LogP contribution in [0.4, 0.5) is 0 Å². The van der Waals surface area contributed by atoms with Gasteiger partial charge in [-0.25, -0.2) is 4.79 Å². The van der Waals surface area contributed by atoms with Crippen molar-refractivity contribution in [3.05, 3.63) is 59.2 Å². The Morgan fingerprint density at radius 2 is 1.79 bits per heavy atom. The van der Waals surface area contributed by atoms with Gasteiger partial charge < -0.3 is 19.3 Å². The van der Waals surface area contributed by atoms with Crippen molar-refractivity contribution in [1.82, 2.24) is 0 Å². The van der Waals surface area contributed by atoms with Crippen LogP contribution in [0.1, 0.15) is 30.9 Å². The summed E-state index contributed by atoms with van der Waals surface area (Å²) in [7, 11) is 1.52. The summed E-state index contributed by atoms with van der Waals surface area (Å²) in [6.07, 6.45) is 1.28. The van der Waals surface area contributed by atoms with Crippen LogP contribution in [0.15, 0.2) is 48.0 Å². The van der Waals surface area contributed by atoms with Crippen LogP contribution >= 0.6 is 0 Å². The van der Waals surface area contributed by atoms with Gasteiger partial charge in [0.2, 0.25) is 0 Å². The molecule has 6 heteroatoms. The van der Waals surface area contributed by atoms with Crippen molar-refractivity contribution >= 4 is 12.0 Å². The van der Waals surface area contributed by atoms with Gasteiger partial charge in [-0.1, -0.05) is 38.1 Å². The van der Waals surface area contributed by atoms with Crippen LogP contribution in [0.2, 0.25) is 0 Å². The number of ether oxygens (including phenoxy) is 3. The summed E-state index contributed by atoms with van der Waals surface area (Å²) in [5, 5.41) is 17.9. The van der Waals surface area contributed by atoms with Crippen molar-refractivity contribution in [1.29, 1.82) is 5.26 Å². The van der Waals surface area contributed by atoms with E-state index in [1.165, 1.54) is 13.2 Å². The molecule has 0 radical (unpaired) electrons. The predicted octanol–water partition coefficient (Wildman–Crippen LogP) is 4.27. The second-order valence-corrected chi connectivity index (χ2v) is 6.27. The molecule has 2 aromatic carbocycles. The number of rotatable bonds is 9. The molecule has 0 fully saturated rings. The first-order valence-electron chi connectivity index (χ1n) is 8.84. The van der Waals surface area contributed by atoms with E-state index in [0.717, 1.165) is 11.3 Å². The number of methoxy groups -OCH3 is 1. The maximum absolute atomic E-state index is 11.0. The first-order chi connectivity index (χ1) is 13.5. The van der Waals surface area contributed by atoms with Gasteiger partial charge in [-0.05, 0) is 41.3 Å². The Hall–Kier alpha value is -3.46. The molecule has 6 nitrogen and oxygen atoms in total. The molecule has 0 aliphatic carbocycles. The lowest BCUT2D eigenvalue weighted by atomic mass is 10.0. The van der Waals surface area contributed by atoms with Crippen molar-refractivity contribution < 1.29 is 24.1 Å². The maximum atomic E-state index is 11.0. The fourth-order valence-corrected chi connectivity index (χ4v) is 2.60. The Kier molecular flexibility index (Phi) is 7.46. The number of nitriles is 1. The minimum absolute atomic E-state index is 0.278. The molecule has 0 heterocycles. The van der Waals surface area contributed by atoms with E-state index in [2.05, 4.69) is 13.8 Å². The minimum atomic E-state index is -1.28. The van der Waals surface area contributed by atoms with Gasteiger partial charge in [0.15, 0.2) is 11.5 Å². The van der Waals surface area contributed by atoms with E-state index in [1.54, 1.807) is 24.3 Å². The molecule has 0 atom stereocenters. The molecule has 0 amide bonds. The molecule has 0 aromatic heterocycles. The Labute approximate surface area is 164 Å². The summed E-state index contributed by atoms with van der Waals surface area (Å²) in [6.45, 7) is 4.83. The molecule has 0 aliphatic heterocycles. The molecule has 0 aliphatic rings. The van der Waals surface area contributed by atoms with Gasteiger partial charge in [-0.3, -0.25) is 0 Å². The first-order valence-corrected chi connectivity index (χ1v) is 8.84. The van der Waals surface area contributed by atoms with Crippen LogP contribution in [0.5, 0.6) is 17.2 Å². The average molecular weight is 381 g/mol. The van der Waals surface area contributed by atoms with Gasteiger partial charge in [0.1, 0.15) is 30.6 Å². The molecule has 2 rings (SSSR count). The summed E-state index contributed by atoms with van der Waals surface area (Å²) in [5.74, 6) is 0.848. The number of hydrogen-bond donors (Lipinski definition) is 1. The van der Waals surface area contributed by atoms with E-state index in [-0.39, 0.29) is 12.2 Å². The fourth-order valence-electron chi connectivity index (χ4n) is 2.60. The van der Waals surface area contributed by atoms with Crippen LogP contribution < -0.4 is 14.2 Å². The van der Waals surface area contributed by atoms with Gasteiger partial charge in [-0.15, -0.1) is 0 Å². The molecule has 0 saturated carbocycles. The van der Waals surface area contributed by atoms with E-state index in [9.17, 15) is 4.79 Å². The SMILES string of the molecule is COc1ccc(C=C(C#N)C(=O)O)cc1OCCOc1ccccc1C(C)C. The molecule has 0 bridgehead atoms. The Morgan fingerprint density at radius 3 is 2.39 bits per heavy atom. The number of benzene rings is 2. The molecule has 0 saturated heterocycles. The van der Waals surface area contributed by atoms with Gasteiger partial charge in [0.05, 0.1) is 7.11 Å². The van der Waals surface area contributed by atoms with Crippen LogP contribution in [0.25, 0.3) is 6.08 Å². The van der Waals surface area contributed by atoms with Crippen molar-refractivity contribution in [2.75, 3.05) is 20.3 Å². The van der Waals surface area contributed by atoms with Crippen molar-refractivity contribution in [3.63, 3.8) is 0 Å². The third-order valence-electron chi connectivity index (χ3n) is 3.99. The predicted molar refractivity (Wildman–Crippen MR) is 106 cm³/mol. The van der Waals surface area contributed by atoms with E-state index < -0.39 is 5.97 Å². The highest BCUT2D eigenvalue weighted by molar-refractivity contribution is 5.96. The van der Waals surface area contributed by atoms with Gasteiger partial charge in [0, 0.05) is 0 Å². The standard InChI is InChI=1S/C22H23NO5/c1-15(2)18-6-4-5-7-19(18)27-10-11-28-21-13-16(8-9-20(21)26-3)12-17(14-23)22(24)25/h4-9,12-13,15H,10-11H2,1-3H3,(H,24,25). The monoisotopic (exact) mass is 381 g/mol. The molecule has 146 valence electrons. The highest BCUT2D eigenvalue weighted by Crippen LogP contribution is 2.29. The van der Waals surface area contributed by atoms with E-state index in [0.29, 0.717) is 29.6 Å². The van der Waals surface area contributed by atoms with Crippen LogP contribution in [0, 0.1) is 11.3 Å². The van der Waals surface area contributed by atoms with Crippen LogP contribution in [-0.2, 0) is 4.79 Å². The van der Waals surface area contributed by atoms with Gasteiger partial charge in [0.25, 0.3) is 0 Å². The van der Waals surface area contributed by atoms with Gasteiger partial charge in [-0.2, -0.15) is 5.26 Å². The molecule has 1 N–H and O–H groups in total. The zero-order chi connectivity index (χ0) is 20.5. The number of carbonyl (C=O) groups is 1. The average Bonchev–Trinajstić information content (AvgIpc) is 2.69. The molecular weight excluding hydrogens is 358 g/mol. The number of para-hydroxylation sites is 1. The number of aliphatic carboxylic acids is 1. The second kappa shape index (κ2) is 10.0. The lowest BCUT2D eigenvalue weighted by Gasteiger charge is -2.15. The van der Waals surface area contributed by atoms with Crippen molar-refractivity contribution in [2.45, 2.75) is 19.8 Å². The highest BCUT2D eigenvalue weighted by Gasteiger charge is 2.10. The lowest BCUT2D eigenvalue weighted by molar-refractivity contribution is -0.132. The smallest absolute Gasteiger partial charge is 0.346 e. The number of carboxylic acids is 1. The molecular formula is C22H23NO5. The van der Waals surface area contributed by atoms with Crippen molar-refractivity contribution in [2.24, 2.45) is 0 Å². The normalized spacial score (nSPS) is 11.0. The topological polar surface area (TPSA) is 88.8 Å². The first kappa shape index (κ1) is 20.8. The lowest BCUT2D eigenvalue weighted by Crippen LogP contribution is -2.11. The fraction of sp³-hybridized carbons (Fsp3) is 0.273. The molecule has 0 unspecified atom stereocenters. The molecule has 0 spiro atoms. The third kappa shape index (κ3) is 5.52. The number of carboxylic acid groups (broad SMARTS) is 1. The number of nitrogens with zero attached hydrogens (tertiary/aromatic N) is 1.